The Hall–Kier alpha value is -2.95. The van der Waals surface area contributed by atoms with Gasteiger partial charge in [-0.1, -0.05) is 32.9 Å². The van der Waals surface area contributed by atoms with Crippen LogP contribution in [0.25, 0.3) is 0 Å². The van der Waals surface area contributed by atoms with Gasteiger partial charge in [0.25, 0.3) is 0 Å². The maximum Gasteiger partial charge on any atom is 0.235 e. The molecule has 2 saturated carbocycles. The molecule has 37 heavy (non-hydrogen) atoms. The molecule has 0 aliphatic heterocycles. The number of amides is 1. The summed E-state index contributed by atoms with van der Waals surface area (Å²) in [4.78, 5) is 67.4. The molecule has 200 valence electrons. The summed E-state index contributed by atoms with van der Waals surface area (Å²) in [5.74, 6) is -10.2. The maximum absolute atomic E-state index is 13.8. The predicted octanol–water partition coefficient (Wildman–Crippen LogP) is 0.00270. The van der Waals surface area contributed by atoms with Crippen molar-refractivity contribution in [3.8, 4) is 5.75 Å². The number of nitrogens with two attached hydrogens (primary N) is 1. The Kier molecular flexibility index (Phi) is 6.67. The van der Waals surface area contributed by atoms with Gasteiger partial charge in [-0.25, -0.2) is 0 Å². The van der Waals surface area contributed by atoms with Crippen LogP contribution in [-0.4, -0.2) is 76.4 Å². The standard InChI is InChI=1S/C27H35N3O7/c1-26(2,3)11-29-10-13-7-6-12-8-14-9-15-19(30(4)5)22(33)18(25(28)36)24(35)27(15,37)23(34)17(14)21(32)16(12)20(13)31/h6-7,14-15,17-19,29,31,37H,8-11H2,1-5H3,(H2,28,36)/t14-,15-,17?,18?,19?,27-/m0/s1. The van der Waals surface area contributed by atoms with Crippen LogP contribution < -0.4 is 11.1 Å². The lowest BCUT2D eigenvalue weighted by atomic mass is 9.52. The van der Waals surface area contributed by atoms with Crippen LogP contribution in [0.2, 0.25) is 0 Å². The summed E-state index contributed by atoms with van der Waals surface area (Å²) < 4.78 is 0. The first-order chi connectivity index (χ1) is 17.1. The highest BCUT2D eigenvalue weighted by Gasteiger charge is 2.69. The normalized spacial score (nSPS) is 31.7. The highest BCUT2D eigenvalue weighted by molar-refractivity contribution is 6.32. The van der Waals surface area contributed by atoms with E-state index in [4.69, 9.17) is 5.73 Å². The molecule has 6 atom stereocenters. The van der Waals surface area contributed by atoms with Crippen molar-refractivity contribution in [2.45, 2.75) is 51.8 Å². The third kappa shape index (κ3) is 4.20. The van der Waals surface area contributed by atoms with Crippen molar-refractivity contribution in [1.82, 2.24) is 10.2 Å². The number of likely N-dealkylation sites (N-methyl/N-ethyl adjacent to an activating group) is 1. The summed E-state index contributed by atoms with van der Waals surface area (Å²) in [6.07, 6.45) is 0.300. The van der Waals surface area contributed by atoms with E-state index in [1.807, 2.05) is 0 Å². The molecule has 3 unspecified atom stereocenters. The zero-order chi connectivity index (χ0) is 27.6. The van der Waals surface area contributed by atoms with Crippen molar-refractivity contribution >= 4 is 29.0 Å². The molecule has 5 N–H and O–H groups in total. The second-order valence-electron chi connectivity index (χ2n) is 12.1. The first-order valence-electron chi connectivity index (χ1n) is 12.5. The van der Waals surface area contributed by atoms with Crippen molar-refractivity contribution < 1.29 is 34.2 Å². The highest BCUT2D eigenvalue weighted by Crippen LogP contribution is 2.50. The van der Waals surface area contributed by atoms with Gasteiger partial charge in [-0.05, 0) is 43.8 Å². The molecule has 1 amide bonds. The van der Waals surface area contributed by atoms with Crippen LogP contribution in [0.15, 0.2) is 12.1 Å². The Morgan fingerprint density at radius 2 is 1.81 bits per heavy atom. The van der Waals surface area contributed by atoms with E-state index < -0.39 is 64.4 Å². The summed E-state index contributed by atoms with van der Waals surface area (Å²) in [5.41, 5.74) is 3.72. The van der Waals surface area contributed by atoms with Gasteiger partial charge in [0.2, 0.25) is 5.91 Å². The molecule has 1 aromatic rings. The van der Waals surface area contributed by atoms with Crippen molar-refractivity contribution in [2.24, 2.45) is 34.8 Å². The first kappa shape index (κ1) is 27.1. The second-order valence-corrected chi connectivity index (χ2v) is 12.1. The molecule has 0 spiro atoms. The molecule has 0 saturated heterocycles. The fourth-order valence-electron chi connectivity index (χ4n) is 6.34. The number of ketones is 4. The minimum atomic E-state index is -2.71. The molecular weight excluding hydrogens is 478 g/mol. The lowest BCUT2D eigenvalue weighted by Crippen LogP contribution is -2.74. The van der Waals surface area contributed by atoms with E-state index >= 15 is 0 Å². The lowest BCUT2D eigenvalue weighted by molar-refractivity contribution is -0.181. The van der Waals surface area contributed by atoms with Gasteiger partial charge in [0.05, 0.1) is 17.5 Å². The van der Waals surface area contributed by atoms with E-state index in [0.29, 0.717) is 24.2 Å². The summed E-state index contributed by atoms with van der Waals surface area (Å²) in [6, 6.07) is 2.39. The Balaban J connectivity index is 1.74. The smallest absolute Gasteiger partial charge is 0.235 e. The van der Waals surface area contributed by atoms with E-state index in [0.717, 1.165) is 0 Å². The number of benzene rings is 1. The van der Waals surface area contributed by atoms with Gasteiger partial charge in [-0.2, -0.15) is 0 Å². The van der Waals surface area contributed by atoms with E-state index in [2.05, 4.69) is 26.1 Å². The van der Waals surface area contributed by atoms with E-state index in [1.165, 1.54) is 4.90 Å². The number of primary amides is 1. The predicted molar refractivity (Wildman–Crippen MR) is 133 cm³/mol. The van der Waals surface area contributed by atoms with Crippen molar-refractivity contribution in [1.29, 1.82) is 0 Å². The van der Waals surface area contributed by atoms with Crippen LogP contribution in [-0.2, 0) is 32.1 Å². The van der Waals surface area contributed by atoms with Crippen LogP contribution in [0.3, 0.4) is 0 Å². The highest BCUT2D eigenvalue weighted by atomic mass is 16.3. The third-order valence-electron chi connectivity index (χ3n) is 7.99. The molecule has 10 nitrogen and oxygen atoms in total. The Morgan fingerprint density at radius 1 is 1.16 bits per heavy atom. The number of Topliss-reactive ketones (excluding diaryl/α,β-unsaturated/α-hetero) is 4. The maximum atomic E-state index is 13.8. The van der Waals surface area contributed by atoms with Crippen molar-refractivity contribution in [2.75, 3.05) is 20.6 Å². The largest absolute Gasteiger partial charge is 0.507 e. The van der Waals surface area contributed by atoms with Crippen LogP contribution >= 0.6 is 0 Å². The number of aliphatic hydroxyl groups is 1. The zero-order valence-electron chi connectivity index (χ0n) is 21.8. The molecule has 2 fully saturated rings. The molecule has 3 aliphatic carbocycles. The molecular formula is C27H35N3O7. The minimum Gasteiger partial charge on any atom is -0.507 e. The van der Waals surface area contributed by atoms with Gasteiger partial charge < -0.3 is 21.3 Å². The number of rotatable bonds is 5. The second kappa shape index (κ2) is 9.11. The summed E-state index contributed by atoms with van der Waals surface area (Å²) in [6.45, 7) is 7.17. The van der Waals surface area contributed by atoms with Crippen LogP contribution in [0.5, 0.6) is 5.75 Å². The topological polar surface area (TPSA) is 167 Å². The molecule has 0 aromatic heterocycles. The first-order valence-corrected chi connectivity index (χ1v) is 12.5. The third-order valence-corrected chi connectivity index (χ3v) is 7.99. The van der Waals surface area contributed by atoms with Crippen LogP contribution in [0.1, 0.15) is 48.7 Å². The van der Waals surface area contributed by atoms with Gasteiger partial charge in [0, 0.05) is 24.6 Å². The number of phenols is 1. The van der Waals surface area contributed by atoms with E-state index in [-0.39, 0.29) is 29.6 Å². The zero-order valence-corrected chi connectivity index (χ0v) is 21.8. The monoisotopic (exact) mass is 513 g/mol. The SMILES string of the molecule is CN(C)C1C(=O)C(C(N)=O)C(=O)[C@@]2(O)C(=O)C3C(=O)c4c(ccc(CNCC(C)(C)C)c4O)C[C@H]3C[C@@H]12. The number of carbonyl (C=O) groups excluding carboxylic acids is 5. The quantitative estimate of drug-likeness (QED) is 0.396. The van der Waals surface area contributed by atoms with Gasteiger partial charge in [0.1, 0.15) is 5.75 Å². The average molecular weight is 514 g/mol. The van der Waals surface area contributed by atoms with Crippen LogP contribution in [0.4, 0.5) is 0 Å². The number of hydrogen-bond acceptors (Lipinski definition) is 9. The number of carbonyl (C=O) groups is 5. The molecule has 3 aliphatic rings. The molecule has 0 radical (unpaired) electrons. The summed E-state index contributed by atoms with van der Waals surface area (Å²) in [5, 5.41) is 25.9. The molecule has 10 heteroatoms. The molecule has 1 aromatic carbocycles. The van der Waals surface area contributed by atoms with E-state index in [9.17, 15) is 34.2 Å². The number of aromatic hydroxyl groups is 1. The fraction of sp³-hybridized carbons (Fsp3) is 0.593. The Labute approximate surface area is 215 Å². The molecule has 0 heterocycles. The summed E-state index contributed by atoms with van der Waals surface area (Å²) in [7, 11) is 3.12. The average Bonchev–Trinajstić information content (AvgIpc) is 2.76. The van der Waals surface area contributed by atoms with Gasteiger partial charge in [-0.3, -0.25) is 28.9 Å². The molecule has 0 bridgehead atoms. The molecule has 4 rings (SSSR count). The number of nitrogens with zero attached hydrogens (tertiary/aromatic N) is 1. The Bertz CT molecular complexity index is 1200. The number of phenolic OH excluding ortho intramolecular Hbond substituents is 1. The van der Waals surface area contributed by atoms with Gasteiger partial charge in [-0.15, -0.1) is 0 Å². The fourth-order valence-corrected chi connectivity index (χ4v) is 6.34. The number of hydrogen-bond donors (Lipinski definition) is 4. The van der Waals surface area contributed by atoms with Crippen molar-refractivity contribution in [3.05, 3.63) is 28.8 Å². The van der Waals surface area contributed by atoms with E-state index in [1.54, 1.807) is 26.2 Å². The number of fused-ring (bicyclic) bond motifs is 3. The van der Waals surface area contributed by atoms with Crippen molar-refractivity contribution in [3.63, 3.8) is 0 Å². The van der Waals surface area contributed by atoms with Gasteiger partial charge >= 0.3 is 0 Å². The van der Waals surface area contributed by atoms with Gasteiger partial charge in [0.15, 0.2) is 34.7 Å². The van der Waals surface area contributed by atoms with Crippen LogP contribution in [0, 0.1) is 29.1 Å². The summed E-state index contributed by atoms with van der Waals surface area (Å²) >= 11 is 0. The number of nitrogens with one attached hydrogen (secondary N) is 1. The minimum absolute atomic E-state index is 0.00841. The lowest BCUT2D eigenvalue weighted by Gasteiger charge is -2.52. The Morgan fingerprint density at radius 3 is 2.38 bits per heavy atom.